The number of carbonyl (C=O) groups excluding carboxylic acids is 1. The number of hydrogen-bond donors (Lipinski definition) is 2. The van der Waals surface area contributed by atoms with Crippen LogP contribution in [0.1, 0.15) is 34.5 Å². The minimum absolute atomic E-state index is 0.00803. The van der Waals surface area contributed by atoms with Crippen molar-refractivity contribution in [1.29, 1.82) is 0 Å². The molecule has 3 rings (SSSR count). The van der Waals surface area contributed by atoms with Gasteiger partial charge in [-0.15, -0.1) is 0 Å². The number of halogens is 1. The van der Waals surface area contributed by atoms with Crippen LogP contribution < -0.4 is 19.5 Å². The summed E-state index contributed by atoms with van der Waals surface area (Å²) in [4.78, 5) is 12.7. The monoisotopic (exact) mass is 488 g/mol. The molecule has 0 aliphatic carbocycles. The SMILES string of the molecule is COc1ccc(OC)c([C@@H](C)NC(=O)c2ccc(Cl)c(S(=O)(=O)Nc3ccc(C)cc3)c2)c1. The molecule has 0 aliphatic heterocycles. The van der Waals surface area contributed by atoms with Crippen molar-refractivity contribution >= 4 is 33.2 Å². The third-order valence-corrected chi connectivity index (χ3v) is 6.90. The summed E-state index contributed by atoms with van der Waals surface area (Å²) in [6, 6.07) is 15.8. The van der Waals surface area contributed by atoms with Crippen molar-refractivity contribution in [2.45, 2.75) is 24.8 Å². The van der Waals surface area contributed by atoms with Crippen LogP contribution in [0.25, 0.3) is 0 Å². The molecule has 0 aliphatic rings. The Labute approximate surface area is 198 Å². The number of anilines is 1. The van der Waals surface area contributed by atoms with Crippen molar-refractivity contribution in [3.8, 4) is 11.5 Å². The molecule has 33 heavy (non-hydrogen) atoms. The highest BCUT2D eigenvalue weighted by atomic mass is 35.5. The van der Waals surface area contributed by atoms with E-state index >= 15 is 0 Å². The smallest absolute Gasteiger partial charge is 0.263 e. The van der Waals surface area contributed by atoms with Crippen LogP contribution in [-0.2, 0) is 10.0 Å². The third kappa shape index (κ3) is 5.77. The van der Waals surface area contributed by atoms with Crippen LogP contribution in [0.5, 0.6) is 11.5 Å². The van der Waals surface area contributed by atoms with Gasteiger partial charge in [-0.25, -0.2) is 8.42 Å². The Morgan fingerprint density at radius 2 is 1.67 bits per heavy atom. The molecule has 7 nitrogen and oxygen atoms in total. The molecule has 0 saturated carbocycles. The van der Waals surface area contributed by atoms with Crippen LogP contribution in [0.4, 0.5) is 5.69 Å². The molecule has 0 fully saturated rings. The average molecular weight is 489 g/mol. The lowest BCUT2D eigenvalue weighted by molar-refractivity contribution is 0.0939. The fourth-order valence-electron chi connectivity index (χ4n) is 3.22. The molecule has 0 heterocycles. The Morgan fingerprint density at radius 3 is 2.30 bits per heavy atom. The Bertz CT molecular complexity index is 1260. The van der Waals surface area contributed by atoms with E-state index in [2.05, 4.69) is 10.0 Å². The maximum atomic E-state index is 12.9. The van der Waals surface area contributed by atoms with Crippen LogP contribution in [-0.4, -0.2) is 28.5 Å². The molecule has 0 spiro atoms. The largest absolute Gasteiger partial charge is 0.497 e. The second-order valence-electron chi connectivity index (χ2n) is 7.42. The Morgan fingerprint density at radius 1 is 0.970 bits per heavy atom. The highest BCUT2D eigenvalue weighted by molar-refractivity contribution is 7.92. The zero-order valence-corrected chi connectivity index (χ0v) is 20.3. The number of aryl methyl sites for hydroxylation is 1. The number of amides is 1. The summed E-state index contributed by atoms with van der Waals surface area (Å²) in [6.45, 7) is 3.70. The quantitative estimate of drug-likeness (QED) is 0.467. The standard InChI is InChI=1S/C24H25ClN2O5S/c1-15-5-8-18(9-6-15)27-33(29,30)23-13-17(7-11-21(23)25)24(28)26-16(2)20-14-19(31-3)10-12-22(20)32-4/h5-14,16,27H,1-4H3,(H,26,28)/t16-/m1/s1. The second kappa shape index (κ2) is 10.1. The van der Waals surface area contributed by atoms with E-state index in [0.29, 0.717) is 22.7 Å². The molecule has 2 N–H and O–H groups in total. The zero-order chi connectivity index (χ0) is 24.2. The van der Waals surface area contributed by atoms with Crippen LogP contribution in [0.15, 0.2) is 65.6 Å². The van der Waals surface area contributed by atoms with Gasteiger partial charge in [0.25, 0.3) is 15.9 Å². The molecule has 0 aromatic heterocycles. The maximum absolute atomic E-state index is 12.9. The summed E-state index contributed by atoms with van der Waals surface area (Å²) in [6.07, 6.45) is 0. The number of benzene rings is 3. The van der Waals surface area contributed by atoms with Gasteiger partial charge < -0.3 is 14.8 Å². The van der Waals surface area contributed by atoms with Crippen molar-refractivity contribution < 1.29 is 22.7 Å². The predicted molar refractivity (Wildman–Crippen MR) is 129 cm³/mol. The van der Waals surface area contributed by atoms with E-state index < -0.39 is 22.0 Å². The average Bonchev–Trinajstić information content (AvgIpc) is 2.80. The molecular weight excluding hydrogens is 464 g/mol. The summed E-state index contributed by atoms with van der Waals surface area (Å²) in [5.41, 5.74) is 2.26. The molecule has 174 valence electrons. The van der Waals surface area contributed by atoms with Crippen LogP contribution in [0.2, 0.25) is 5.02 Å². The lowest BCUT2D eigenvalue weighted by Crippen LogP contribution is -2.27. The Balaban J connectivity index is 1.85. The van der Waals surface area contributed by atoms with Crippen molar-refractivity contribution in [1.82, 2.24) is 5.32 Å². The van der Waals surface area contributed by atoms with Crippen molar-refractivity contribution in [2.24, 2.45) is 0 Å². The van der Waals surface area contributed by atoms with Gasteiger partial charge in [0.15, 0.2) is 0 Å². The normalized spacial score (nSPS) is 12.0. The fourth-order valence-corrected chi connectivity index (χ4v) is 4.80. The zero-order valence-electron chi connectivity index (χ0n) is 18.7. The van der Waals surface area contributed by atoms with Gasteiger partial charge in [0.05, 0.1) is 25.3 Å². The number of hydrogen-bond acceptors (Lipinski definition) is 5. The first-order valence-electron chi connectivity index (χ1n) is 10.1. The first-order chi connectivity index (χ1) is 15.6. The molecule has 9 heteroatoms. The number of methoxy groups -OCH3 is 2. The van der Waals surface area contributed by atoms with Gasteiger partial charge in [0.1, 0.15) is 16.4 Å². The van der Waals surface area contributed by atoms with E-state index in [-0.39, 0.29) is 15.5 Å². The van der Waals surface area contributed by atoms with Crippen molar-refractivity contribution in [3.05, 3.63) is 82.4 Å². The molecule has 3 aromatic rings. The predicted octanol–water partition coefficient (Wildman–Crippen LogP) is 4.96. The van der Waals surface area contributed by atoms with E-state index in [1.165, 1.54) is 25.3 Å². The van der Waals surface area contributed by atoms with Gasteiger partial charge in [-0.2, -0.15) is 0 Å². The van der Waals surface area contributed by atoms with Crippen molar-refractivity contribution in [2.75, 3.05) is 18.9 Å². The van der Waals surface area contributed by atoms with E-state index in [1.54, 1.807) is 56.5 Å². The highest BCUT2D eigenvalue weighted by Crippen LogP contribution is 2.30. The minimum Gasteiger partial charge on any atom is -0.497 e. The van der Waals surface area contributed by atoms with E-state index in [0.717, 1.165) is 5.56 Å². The molecule has 0 bridgehead atoms. The highest BCUT2D eigenvalue weighted by Gasteiger charge is 2.22. The topological polar surface area (TPSA) is 93.7 Å². The van der Waals surface area contributed by atoms with Crippen molar-refractivity contribution in [3.63, 3.8) is 0 Å². The molecule has 3 aromatic carbocycles. The molecule has 0 saturated heterocycles. The summed E-state index contributed by atoms with van der Waals surface area (Å²) in [5, 5.41) is 2.87. The van der Waals surface area contributed by atoms with Crippen LogP contribution in [0, 0.1) is 6.92 Å². The molecule has 0 radical (unpaired) electrons. The van der Waals surface area contributed by atoms with Gasteiger partial charge in [-0.3, -0.25) is 9.52 Å². The minimum atomic E-state index is -4.01. The van der Waals surface area contributed by atoms with E-state index in [1.807, 2.05) is 6.92 Å². The number of carbonyl (C=O) groups is 1. The fraction of sp³-hybridized carbons (Fsp3) is 0.208. The first kappa shape index (κ1) is 24.4. The van der Waals surface area contributed by atoms with Gasteiger partial charge in [0, 0.05) is 16.8 Å². The molecule has 0 unspecified atom stereocenters. The first-order valence-corrected chi connectivity index (χ1v) is 11.9. The molecule has 1 atom stereocenters. The van der Waals surface area contributed by atoms with Crippen LogP contribution in [0.3, 0.4) is 0 Å². The summed E-state index contributed by atoms with van der Waals surface area (Å²) in [5.74, 6) is 0.745. The number of nitrogens with one attached hydrogen (secondary N) is 2. The Hall–Kier alpha value is -3.23. The Kier molecular flexibility index (Phi) is 7.50. The van der Waals surface area contributed by atoms with Gasteiger partial charge in [-0.05, 0) is 62.4 Å². The maximum Gasteiger partial charge on any atom is 0.263 e. The molecule has 1 amide bonds. The third-order valence-electron chi connectivity index (χ3n) is 5.04. The lowest BCUT2D eigenvalue weighted by Gasteiger charge is -2.18. The molecular formula is C24H25ClN2O5S. The second-order valence-corrected chi connectivity index (χ2v) is 9.48. The number of sulfonamides is 1. The lowest BCUT2D eigenvalue weighted by atomic mass is 10.1. The number of rotatable bonds is 8. The van der Waals surface area contributed by atoms with Gasteiger partial charge in [-0.1, -0.05) is 29.3 Å². The van der Waals surface area contributed by atoms with Gasteiger partial charge >= 0.3 is 0 Å². The summed E-state index contributed by atoms with van der Waals surface area (Å²) < 4.78 is 39.0. The summed E-state index contributed by atoms with van der Waals surface area (Å²) >= 11 is 6.17. The number of ether oxygens (including phenoxy) is 2. The van der Waals surface area contributed by atoms with Gasteiger partial charge in [0.2, 0.25) is 0 Å². The van der Waals surface area contributed by atoms with E-state index in [4.69, 9.17) is 21.1 Å². The summed E-state index contributed by atoms with van der Waals surface area (Å²) in [7, 11) is -0.922. The van der Waals surface area contributed by atoms with Crippen LogP contribution >= 0.6 is 11.6 Å². The van der Waals surface area contributed by atoms with E-state index in [9.17, 15) is 13.2 Å².